The Labute approximate surface area is 193 Å². The lowest BCUT2D eigenvalue weighted by molar-refractivity contribution is 0.0702. The van der Waals surface area contributed by atoms with Gasteiger partial charge in [-0.1, -0.05) is 35.4 Å². The Morgan fingerprint density at radius 1 is 0.938 bits per heavy atom. The normalized spacial score (nSPS) is 15.0. The summed E-state index contributed by atoms with van der Waals surface area (Å²) in [4.78, 5) is 15.6. The van der Waals surface area contributed by atoms with Gasteiger partial charge in [0.15, 0.2) is 0 Å². The molecule has 0 saturated carbocycles. The number of ether oxygens (including phenoxy) is 1. The van der Waals surface area contributed by atoms with E-state index in [4.69, 9.17) is 4.74 Å². The molecule has 0 unspecified atom stereocenters. The quantitative estimate of drug-likeness (QED) is 0.544. The van der Waals surface area contributed by atoms with Crippen LogP contribution < -0.4 is 4.74 Å². The number of carbonyl (C=O) groups excluding carboxylic acids is 1. The molecule has 1 aliphatic heterocycles. The Bertz CT molecular complexity index is 1180. The van der Waals surface area contributed by atoms with Crippen LogP contribution in [0.4, 0.5) is 0 Å². The first kappa shape index (κ1) is 22.5. The van der Waals surface area contributed by atoms with Crippen molar-refractivity contribution < 1.29 is 17.9 Å². The van der Waals surface area contributed by atoms with E-state index in [2.05, 4.69) is 0 Å². The third kappa shape index (κ3) is 5.03. The average molecular weight is 471 g/mol. The van der Waals surface area contributed by atoms with Crippen molar-refractivity contribution >= 4 is 27.3 Å². The van der Waals surface area contributed by atoms with E-state index in [0.29, 0.717) is 29.5 Å². The molecule has 1 aliphatic rings. The van der Waals surface area contributed by atoms with E-state index in [9.17, 15) is 13.2 Å². The van der Waals surface area contributed by atoms with Crippen LogP contribution in [-0.4, -0.2) is 49.7 Å². The summed E-state index contributed by atoms with van der Waals surface area (Å²) in [7, 11) is -3.54. The number of hydrogen-bond acceptors (Lipinski definition) is 5. The number of benzene rings is 2. The molecule has 0 spiro atoms. The van der Waals surface area contributed by atoms with E-state index >= 15 is 0 Å². The fourth-order valence-electron chi connectivity index (χ4n) is 3.51. The zero-order valence-corrected chi connectivity index (χ0v) is 19.8. The molecule has 0 radical (unpaired) electrons. The molecule has 1 aromatic heterocycles. The molecular formula is C24H26N2O4S2. The number of sulfonamides is 1. The van der Waals surface area contributed by atoms with Crippen LogP contribution in [0.1, 0.15) is 26.4 Å². The maximum Gasteiger partial charge on any atom is 0.264 e. The SMILES string of the molecule is Cc1ccc(OCc2csc(C(=O)N3CCN(S(=O)(=O)c4ccc(C)cc4)CC3)c2)cc1. The second-order valence-electron chi connectivity index (χ2n) is 7.93. The lowest BCUT2D eigenvalue weighted by Gasteiger charge is -2.33. The molecule has 1 fully saturated rings. The fraction of sp³-hybridized carbons (Fsp3) is 0.292. The van der Waals surface area contributed by atoms with Crippen molar-refractivity contribution in [2.75, 3.05) is 26.2 Å². The second kappa shape index (κ2) is 9.44. The Hall–Kier alpha value is -2.68. The zero-order chi connectivity index (χ0) is 22.7. The number of carbonyl (C=O) groups is 1. The van der Waals surface area contributed by atoms with Gasteiger partial charge in [-0.15, -0.1) is 11.3 Å². The predicted molar refractivity (Wildman–Crippen MR) is 126 cm³/mol. The van der Waals surface area contributed by atoms with Gasteiger partial charge >= 0.3 is 0 Å². The number of hydrogen-bond donors (Lipinski definition) is 0. The summed E-state index contributed by atoms with van der Waals surface area (Å²) in [5, 5.41) is 1.93. The smallest absolute Gasteiger partial charge is 0.264 e. The number of aryl methyl sites for hydroxylation is 2. The van der Waals surface area contributed by atoms with Gasteiger partial charge in [-0.25, -0.2) is 8.42 Å². The summed E-state index contributed by atoms with van der Waals surface area (Å²) in [6.45, 7) is 5.67. The van der Waals surface area contributed by atoms with E-state index in [1.165, 1.54) is 21.2 Å². The predicted octanol–water partition coefficient (Wildman–Crippen LogP) is 4.09. The van der Waals surface area contributed by atoms with Crippen molar-refractivity contribution in [3.8, 4) is 5.75 Å². The van der Waals surface area contributed by atoms with Crippen molar-refractivity contribution in [2.24, 2.45) is 0 Å². The van der Waals surface area contributed by atoms with Crippen molar-refractivity contribution in [3.05, 3.63) is 81.5 Å². The molecule has 168 valence electrons. The van der Waals surface area contributed by atoms with Crippen molar-refractivity contribution in [1.82, 2.24) is 9.21 Å². The minimum absolute atomic E-state index is 0.0658. The Morgan fingerprint density at radius 3 is 2.16 bits per heavy atom. The molecule has 0 bridgehead atoms. The monoisotopic (exact) mass is 470 g/mol. The summed E-state index contributed by atoms with van der Waals surface area (Å²) in [6.07, 6.45) is 0. The molecule has 32 heavy (non-hydrogen) atoms. The molecule has 4 rings (SSSR count). The minimum atomic E-state index is -3.54. The molecule has 8 heteroatoms. The number of thiophene rings is 1. The maximum atomic E-state index is 12.9. The summed E-state index contributed by atoms with van der Waals surface area (Å²) in [5.41, 5.74) is 3.13. The highest BCUT2D eigenvalue weighted by atomic mass is 32.2. The molecule has 0 N–H and O–H groups in total. The van der Waals surface area contributed by atoms with Gasteiger partial charge in [-0.2, -0.15) is 4.31 Å². The number of nitrogens with zero attached hydrogens (tertiary/aromatic N) is 2. The average Bonchev–Trinajstić information content (AvgIpc) is 3.28. The Kier molecular flexibility index (Phi) is 6.64. The highest BCUT2D eigenvalue weighted by molar-refractivity contribution is 7.89. The number of piperazine rings is 1. The number of rotatable bonds is 6. The van der Waals surface area contributed by atoms with Crippen LogP contribution in [0.15, 0.2) is 64.9 Å². The summed E-state index contributed by atoms with van der Waals surface area (Å²) < 4.78 is 33.0. The van der Waals surface area contributed by atoms with Crippen molar-refractivity contribution in [1.29, 1.82) is 0 Å². The molecule has 3 aromatic rings. The highest BCUT2D eigenvalue weighted by Crippen LogP contribution is 2.22. The standard InChI is InChI=1S/C24H26N2O4S2/c1-18-3-7-21(8-4-18)30-16-20-15-23(31-17-20)24(27)25-11-13-26(14-12-25)32(28,29)22-9-5-19(2)6-10-22/h3-10,15,17H,11-14,16H2,1-2H3. The molecule has 0 atom stereocenters. The van der Waals surface area contributed by atoms with Gasteiger partial charge in [0.1, 0.15) is 12.4 Å². The molecule has 2 aromatic carbocycles. The van der Waals surface area contributed by atoms with E-state index in [0.717, 1.165) is 16.9 Å². The molecule has 6 nitrogen and oxygen atoms in total. The maximum absolute atomic E-state index is 12.9. The van der Waals surface area contributed by atoms with E-state index in [1.54, 1.807) is 29.2 Å². The molecule has 0 aliphatic carbocycles. The third-order valence-electron chi connectivity index (χ3n) is 5.48. The molecule has 1 saturated heterocycles. The van der Waals surface area contributed by atoms with Gasteiger partial charge in [0.2, 0.25) is 10.0 Å². The van der Waals surface area contributed by atoms with Crippen LogP contribution in [0.5, 0.6) is 5.75 Å². The van der Waals surface area contributed by atoms with Gasteiger partial charge < -0.3 is 9.64 Å². The zero-order valence-electron chi connectivity index (χ0n) is 18.2. The summed E-state index contributed by atoms with van der Waals surface area (Å²) in [6, 6.07) is 16.6. The van der Waals surface area contributed by atoms with Gasteiger partial charge in [0, 0.05) is 31.7 Å². The van der Waals surface area contributed by atoms with Crippen LogP contribution >= 0.6 is 11.3 Å². The van der Waals surface area contributed by atoms with Crippen LogP contribution in [0, 0.1) is 13.8 Å². The van der Waals surface area contributed by atoms with Crippen LogP contribution in [0.2, 0.25) is 0 Å². The van der Waals surface area contributed by atoms with E-state index in [-0.39, 0.29) is 19.0 Å². The minimum Gasteiger partial charge on any atom is -0.489 e. The molecular weight excluding hydrogens is 444 g/mol. The Morgan fingerprint density at radius 2 is 1.53 bits per heavy atom. The van der Waals surface area contributed by atoms with Gasteiger partial charge in [0.25, 0.3) is 5.91 Å². The third-order valence-corrected chi connectivity index (χ3v) is 8.36. The largest absolute Gasteiger partial charge is 0.489 e. The molecule has 1 amide bonds. The van der Waals surface area contributed by atoms with Crippen LogP contribution in [-0.2, 0) is 16.6 Å². The first-order valence-electron chi connectivity index (χ1n) is 10.5. The molecule has 2 heterocycles. The first-order valence-corrected chi connectivity index (χ1v) is 12.8. The van der Waals surface area contributed by atoms with Gasteiger partial charge in [-0.05, 0) is 49.6 Å². The lowest BCUT2D eigenvalue weighted by Crippen LogP contribution is -2.50. The first-order chi connectivity index (χ1) is 15.3. The second-order valence-corrected chi connectivity index (χ2v) is 10.8. The van der Waals surface area contributed by atoms with Crippen molar-refractivity contribution in [2.45, 2.75) is 25.3 Å². The van der Waals surface area contributed by atoms with Gasteiger partial charge in [0.05, 0.1) is 9.77 Å². The van der Waals surface area contributed by atoms with Crippen LogP contribution in [0.25, 0.3) is 0 Å². The lowest BCUT2D eigenvalue weighted by atomic mass is 10.2. The fourth-order valence-corrected chi connectivity index (χ4v) is 5.80. The number of amides is 1. The highest BCUT2D eigenvalue weighted by Gasteiger charge is 2.30. The van der Waals surface area contributed by atoms with Gasteiger partial charge in [-0.3, -0.25) is 4.79 Å². The van der Waals surface area contributed by atoms with E-state index in [1.807, 2.05) is 49.6 Å². The van der Waals surface area contributed by atoms with Crippen LogP contribution in [0.3, 0.4) is 0 Å². The Balaban J connectivity index is 1.33. The summed E-state index contributed by atoms with van der Waals surface area (Å²) >= 11 is 1.39. The van der Waals surface area contributed by atoms with Crippen molar-refractivity contribution in [3.63, 3.8) is 0 Å². The summed E-state index contributed by atoms with van der Waals surface area (Å²) in [5.74, 6) is 0.726. The van der Waals surface area contributed by atoms with E-state index < -0.39 is 10.0 Å². The topological polar surface area (TPSA) is 66.9 Å².